The van der Waals surface area contributed by atoms with Gasteiger partial charge in [-0.3, -0.25) is 0 Å². The minimum absolute atomic E-state index is 0.241. The maximum absolute atomic E-state index is 4.53. The van der Waals surface area contributed by atoms with Gasteiger partial charge in [0, 0.05) is 35.6 Å². The van der Waals surface area contributed by atoms with Crippen LogP contribution < -0.4 is 0 Å². The highest BCUT2D eigenvalue weighted by Crippen LogP contribution is 2.31. The molecule has 120 valence electrons. The molecule has 1 atom stereocenters. The Bertz CT molecular complexity index is 966. The molecule has 0 saturated heterocycles. The van der Waals surface area contributed by atoms with Crippen LogP contribution in [0.2, 0.25) is 0 Å². The van der Waals surface area contributed by atoms with Gasteiger partial charge in [-0.2, -0.15) is 0 Å². The van der Waals surface area contributed by atoms with Gasteiger partial charge in [0.25, 0.3) is 0 Å². The molecule has 0 saturated carbocycles. The predicted molar refractivity (Wildman–Crippen MR) is 96.1 cm³/mol. The fourth-order valence-electron chi connectivity index (χ4n) is 3.33. The van der Waals surface area contributed by atoms with Crippen LogP contribution in [0.4, 0.5) is 0 Å². The second kappa shape index (κ2) is 5.96. The molecule has 0 aliphatic carbocycles. The van der Waals surface area contributed by atoms with Crippen molar-refractivity contribution < 1.29 is 0 Å². The van der Waals surface area contributed by atoms with Crippen molar-refractivity contribution >= 4 is 11.0 Å². The Labute approximate surface area is 141 Å². The van der Waals surface area contributed by atoms with Gasteiger partial charge in [-0.1, -0.05) is 18.2 Å². The van der Waals surface area contributed by atoms with E-state index in [-0.39, 0.29) is 5.92 Å². The van der Waals surface area contributed by atoms with Crippen LogP contribution in [-0.2, 0) is 6.42 Å². The number of nitrogens with zero attached hydrogens (tertiary/aromatic N) is 2. The lowest BCUT2D eigenvalue weighted by Gasteiger charge is -2.19. The molecule has 24 heavy (non-hydrogen) atoms. The number of H-pyrrole nitrogens is 2. The van der Waals surface area contributed by atoms with Crippen molar-refractivity contribution in [2.75, 3.05) is 0 Å². The molecular formula is C20H20N4. The summed E-state index contributed by atoms with van der Waals surface area (Å²) < 4.78 is 0. The standard InChI is InChI=1S/C20H20N4/c1-13-4-3-5-17(14(13)2)18(19-11-21-12-24-19)9-15-8-16-6-7-22-20(16)23-10-15/h3-8,10-12,18H,9H2,1-2H3,(H,21,24)(H,22,23). The quantitative estimate of drug-likeness (QED) is 0.590. The highest BCUT2D eigenvalue weighted by molar-refractivity contribution is 5.75. The number of hydrogen-bond donors (Lipinski definition) is 2. The summed E-state index contributed by atoms with van der Waals surface area (Å²) in [6, 6.07) is 10.8. The average molecular weight is 316 g/mol. The number of rotatable bonds is 4. The van der Waals surface area contributed by atoms with E-state index in [9.17, 15) is 0 Å². The molecule has 0 aliphatic heterocycles. The molecule has 3 heterocycles. The largest absolute Gasteiger partial charge is 0.348 e. The third kappa shape index (κ3) is 2.60. The van der Waals surface area contributed by atoms with E-state index in [1.54, 1.807) is 6.33 Å². The SMILES string of the molecule is Cc1cccc(C(Cc2cnc3[nH]ccc3c2)c2cnc[nH]2)c1C. The molecule has 4 rings (SSSR count). The summed E-state index contributed by atoms with van der Waals surface area (Å²) in [4.78, 5) is 15.2. The molecule has 0 fully saturated rings. The van der Waals surface area contributed by atoms with Crippen molar-refractivity contribution in [1.82, 2.24) is 19.9 Å². The van der Waals surface area contributed by atoms with Crippen LogP contribution in [-0.4, -0.2) is 19.9 Å². The zero-order valence-electron chi connectivity index (χ0n) is 13.9. The fraction of sp³-hybridized carbons (Fsp3) is 0.200. The molecular weight excluding hydrogens is 296 g/mol. The summed E-state index contributed by atoms with van der Waals surface area (Å²) in [6.45, 7) is 4.36. The summed E-state index contributed by atoms with van der Waals surface area (Å²) in [7, 11) is 0. The Morgan fingerprint density at radius 3 is 2.83 bits per heavy atom. The van der Waals surface area contributed by atoms with Gasteiger partial charge < -0.3 is 9.97 Å². The Morgan fingerprint density at radius 1 is 1.08 bits per heavy atom. The number of nitrogens with one attached hydrogen (secondary N) is 2. The van der Waals surface area contributed by atoms with Crippen molar-refractivity contribution in [2.45, 2.75) is 26.2 Å². The van der Waals surface area contributed by atoms with Gasteiger partial charge in [0.15, 0.2) is 0 Å². The lowest BCUT2D eigenvalue weighted by Crippen LogP contribution is -2.08. The molecule has 0 radical (unpaired) electrons. The number of aryl methyl sites for hydroxylation is 1. The summed E-state index contributed by atoms with van der Waals surface area (Å²) in [5.41, 5.74) is 7.29. The number of aromatic amines is 2. The van der Waals surface area contributed by atoms with E-state index in [2.05, 4.69) is 64.1 Å². The summed E-state index contributed by atoms with van der Waals surface area (Å²) >= 11 is 0. The van der Waals surface area contributed by atoms with Crippen molar-refractivity contribution in [3.05, 3.63) is 83.2 Å². The molecule has 1 aromatic carbocycles. The van der Waals surface area contributed by atoms with Crippen LogP contribution in [0.25, 0.3) is 11.0 Å². The van der Waals surface area contributed by atoms with Gasteiger partial charge in [-0.05, 0) is 54.7 Å². The lowest BCUT2D eigenvalue weighted by molar-refractivity contribution is 0.771. The number of fused-ring (bicyclic) bond motifs is 1. The van der Waals surface area contributed by atoms with Gasteiger partial charge in [-0.15, -0.1) is 0 Å². The van der Waals surface area contributed by atoms with Crippen molar-refractivity contribution in [3.8, 4) is 0 Å². The maximum atomic E-state index is 4.53. The van der Waals surface area contributed by atoms with E-state index < -0.39 is 0 Å². The number of aromatic nitrogens is 4. The van der Waals surface area contributed by atoms with Crippen LogP contribution in [0, 0.1) is 13.8 Å². The number of pyridine rings is 1. The van der Waals surface area contributed by atoms with Gasteiger partial charge in [0.2, 0.25) is 0 Å². The van der Waals surface area contributed by atoms with Gasteiger partial charge in [0.1, 0.15) is 5.65 Å². The molecule has 3 aromatic heterocycles. The maximum Gasteiger partial charge on any atom is 0.137 e. The van der Waals surface area contributed by atoms with Crippen molar-refractivity contribution in [1.29, 1.82) is 0 Å². The Kier molecular flexibility index (Phi) is 3.65. The normalized spacial score (nSPS) is 12.6. The van der Waals surface area contributed by atoms with Crippen LogP contribution in [0.3, 0.4) is 0 Å². The molecule has 0 aliphatic rings. The molecule has 4 nitrogen and oxygen atoms in total. The van der Waals surface area contributed by atoms with Gasteiger partial charge >= 0.3 is 0 Å². The lowest BCUT2D eigenvalue weighted by atomic mass is 9.86. The summed E-state index contributed by atoms with van der Waals surface area (Å²) in [5.74, 6) is 0.241. The molecule has 2 N–H and O–H groups in total. The van der Waals surface area contributed by atoms with Crippen molar-refractivity contribution in [2.24, 2.45) is 0 Å². The smallest absolute Gasteiger partial charge is 0.137 e. The molecule has 0 amide bonds. The van der Waals surface area contributed by atoms with Crippen LogP contribution >= 0.6 is 0 Å². The summed E-state index contributed by atoms with van der Waals surface area (Å²) in [5, 5.41) is 1.15. The zero-order valence-corrected chi connectivity index (χ0v) is 13.9. The van der Waals surface area contributed by atoms with Crippen LogP contribution in [0.5, 0.6) is 0 Å². The van der Waals surface area contributed by atoms with E-state index in [0.29, 0.717) is 0 Å². The molecule has 1 unspecified atom stereocenters. The highest BCUT2D eigenvalue weighted by atomic mass is 14.9. The molecule has 4 heteroatoms. The first kappa shape index (κ1) is 14.7. The third-order valence-electron chi connectivity index (χ3n) is 4.81. The van der Waals surface area contributed by atoms with E-state index in [0.717, 1.165) is 23.1 Å². The minimum Gasteiger partial charge on any atom is -0.348 e. The second-order valence-electron chi connectivity index (χ2n) is 6.31. The second-order valence-corrected chi connectivity index (χ2v) is 6.31. The third-order valence-corrected chi connectivity index (χ3v) is 4.81. The first-order chi connectivity index (χ1) is 11.7. The highest BCUT2D eigenvalue weighted by Gasteiger charge is 2.19. The van der Waals surface area contributed by atoms with E-state index >= 15 is 0 Å². The molecule has 4 aromatic rings. The van der Waals surface area contributed by atoms with Crippen LogP contribution in [0.1, 0.15) is 33.9 Å². The Hall–Kier alpha value is -2.88. The van der Waals surface area contributed by atoms with Gasteiger partial charge in [-0.25, -0.2) is 9.97 Å². The van der Waals surface area contributed by atoms with E-state index in [1.807, 2.05) is 18.6 Å². The number of benzene rings is 1. The first-order valence-electron chi connectivity index (χ1n) is 8.19. The van der Waals surface area contributed by atoms with E-state index in [4.69, 9.17) is 0 Å². The number of hydrogen-bond acceptors (Lipinski definition) is 2. The topological polar surface area (TPSA) is 57.4 Å². The number of imidazole rings is 1. The molecule has 0 bridgehead atoms. The Morgan fingerprint density at radius 2 is 2.00 bits per heavy atom. The minimum atomic E-state index is 0.241. The zero-order chi connectivity index (χ0) is 16.5. The average Bonchev–Trinajstić information content (AvgIpc) is 3.26. The first-order valence-corrected chi connectivity index (χ1v) is 8.19. The van der Waals surface area contributed by atoms with Crippen molar-refractivity contribution in [3.63, 3.8) is 0 Å². The van der Waals surface area contributed by atoms with Crippen LogP contribution in [0.15, 0.2) is 55.2 Å². The Balaban J connectivity index is 1.77. The van der Waals surface area contributed by atoms with E-state index in [1.165, 1.54) is 22.3 Å². The fourth-order valence-corrected chi connectivity index (χ4v) is 3.33. The summed E-state index contributed by atoms with van der Waals surface area (Å²) in [6.07, 6.45) is 8.46. The monoisotopic (exact) mass is 316 g/mol. The molecule has 0 spiro atoms. The van der Waals surface area contributed by atoms with Gasteiger partial charge in [0.05, 0.1) is 6.33 Å². The predicted octanol–water partition coefficient (Wildman–Crippen LogP) is 4.28.